The first-order valence-corrected chi connectivity index (χ1v) is 5.24. The van der Waals surface area contributed by atoms with E-state index in [1.165, 1.54) is 5.56 Å². The summed E-state index contributed by atoms with van der Waals surface area (Å²) in [7, 11) is 0. The van der Waals surface area contributed by atoms with Gasteiger partial charge >= 0.3 is 6.09 Å². The lowest BCUT2D eigenvalue weighted by Gasteiger charge is -2.08. The van der Waals surface area contributed by atoms with Gasteiger partial charge in [-0.1, -0.05) is 26.0 Å². The second-order valence-corrected chi connectivity index (χ2v) is 3.74. The van der Waals surface area contributed by atoms with Gasteiger partial charge in [0.1, 0.15) is 19.0 Å². The number of hydrogen-bond acceptors (Lipinski definition) is 3. The van der Waals surface area contributed by atoms with Crippen LogP contribution in [0.2, 0.25) is 0 Å². The highest BCUT2D eigenvalue weighted by molar-refractivity contribution is 5.64. The smallest absolute Gasteiger partial charge is 0.404 e. The molecule has 0 aliphatic carbocycles. The Morgan fingerprint density at radius 2 is 1.88 bits per heavy atom. The Morgan fingerprint density at radius 3 is 2.38 bits per heavy atom. The van der Waals surface area contributed by atoms with Gasteiger partial charge in [-0.05, 0) is 23.6 Å². The number of rotatable bonds is 5. The van der Waals surface area contributed by atoms with Crippen molar-refractivity contribution in [3.05, 3.63) is 29.8 Å². The molecule has 0 fully saturated rings. The van der Waals surface area contributed by atoms with Crippen molar-refractivity contribution in [1.82, 2.24) is 0 Å². The van der Waals surface area contributed by atoms with Crippen LogP contribution in [0.4, 0.5) is 4.79 Å². The van der Waals surface area contributed by atoms with Gasteiger partial charge in [0, 0.05) is 0 Å². The summed E-state index contributed by atoms with van der Waals surface area (Å²) in [6.07, 6.45) is -0.779. The summed E-state index contributed by atoms with van der Waals surface area (Å²) >= 11 is 0. The molecule has 1 rings (SSSR count). The molecule has 0 aliphatic heterocycles. The maximum atomic E-state index is 10.3. The van der Waals surface area contributed by atoms with E-state index in [1.807, 2.05) is 24.3 Å². The predicted octanol–water partition coefficient (Wildman–Crippen LogP) is 2.28. The number of amides is 1. The molecule has 0 atom stereocenters. The number of carbonyl (C=O) groups excluding carboxylic acids is 1. The predicted molar refractivity (Wildman–Crippen MR) is 61.6 cm³/mol. The molecule has 0 aliphatic rings. The zero-order valence-electron chi connectivity index (χ0n) is 9.60. The fourth-order valence-corrected chi connectivity index (χ4v) is 1.25. The van der Waals surface area contributed by atoms with Crippen LogP contribution in [0.1, 0.15) is 25.3 Å². The van der Waals surface area contributed by atoms with Crippen LogP contribution in [0.3, 0.4) is 0 Å². The molecule has 4 heteroatoms. The summed E-state index contributed by atoms with van der Waals surface area (Å²) in [5.41, 5.74) is 6.07. The highest BCUT2D eigenvalue weighted by atomic mass is 16.6. The van der Waals surface area contributed by atoms with Crippen molar-refractivity contribution < 1.29 is 14.3 Å². The van der Waals surface area contributed by atoms with Crippen LogP contribution in [0.25, 0.3) is 0 Å². The zero-order chi connectivity index (χ0) is 12.0. The van der Waals surface area contributed by atoms with E-state index in [4.69, 9.17) is 10.5 Å². The Morgan fingerprint density at radius 1 is 1.25 bits per heavy atom. The van der Waals surface area contributed by atoms with Gasteiger partial charge in [0.2, 0.25) is 0 Å². The van der Waals surface area contributed by atoms with Crippen molar-refractivity contribution in [1.29, 1.82) is 0 Å². The molecule has 4 nitrogen and oxygen atoms in total. The molecule has 0 radical (unpaired) electrons. The van der Waals surface area contributed by atoms with E-state index < -0.39 is 6.09 Å². The van der Waals surface area contributed by atoms with Crippen LogP contribution < -0.4 is 10.5 Å². The number of carbonyl (C=O) groups is 1. The summed E-state index contributed by atoms with van der Waals surface area (Å²) < 4.78 is 9.90. The molecule has 0 heterocycles. The molecule has 16 heavy (non-hydrogen) atoms. The highest BCUT2D eigenvalue weighted by Gasteiger charge is 1.99. The minimum Gasteiger partial charge on any atom is -0.490 e. The quantitative estimate of drug-likeness (QED) is 0.779. The molecule has 2 N–H and O–H groups in total. The van der Waals surface area contributed by atoms with E-state index in [0.717, 1.165) is 5.75 Å². The molecule has 1 aromatic carbocycles. The molecule has 0 unspecified atom stereocenters. The second-order valence-electron chi connectivity index (χ2n) is 3.74. The van der Waals surface area contributed by atoms with Crippen LogP contribution in [-0.4, -0.2) is 19.3 Å². The molecule has 88 valence electrons. The van der Waals surface area contributed by atoms with Gasteiger partial charge in [0.25, 0.3) is 0 Å². The summed E-state index contributed by atoms with van der Waals surface area (Å²) in [4.78, 5) is 10.3. The number of primary amides is 1. The lowest BCUT2D eigenvalue weighted by Crippen LogP contribution is -2.17. The van der Waals surface area contributed by atoms with E-state index >= 15 is 0 Å². The van der Waals surface area contributed by atoms with Crippen molar-refractivity contribution in [2.45, 2.75) is 19.8 Å². The normalized spacial score (nSPS) is 10.2. The van der Waals surface area contributed by atoms with Gasteiger partial charge in [-0.25, -0.2) is 4.79 Å². The van der Waals surface area contributed by atoms with E-state index in [2.05, 4.69) is 18.6 Å². The molecule has 0 aromatic heterocycles. The topological polar surface area (TPSA) is 61.6 Å². The average molecular weight is 223 g/mol. The van der Waals surface area contributed by atoms with Crippen molar-refractivity contribution in [2.24, 2.45) is 5.73 Å². The van der Waals surface area contributed by atoms with E-state index in [1.54, 1.807) is 0 Å². The molecule has 0 saturated heterocycles. The Labute approximate surface area is 95.3 Å². The SMILES string of the molecule is CC(C)c1ccc(OCCOC(N)=O)cc1. The third kappa shape index (κ3) is 4.21. The summed E-state index contributed by atoms with van der Waals surface area (Å²) in [6, 6.07) is 7.85. The molecule has 1 aromatic rings. The fourth-order valence-electron chi connectivity index (χ4n) is 1.25. The molecule has 0 bridgehead atoms. The van der Waals surface area contributed by atoms with Crippen LogP contribution >= 0.6 is 0 Å². The molecule has 0 saturated carbocycles. The molecule has 1 amide bonds. The number of benzene rings is 1. The number of nitrogens with two attached hydrogens (primary N) is 1. The average Bonchev–Trinajstić information content (AvgIpc) is 2.25. The van der Waals surface area contributed by atoms with Gasteiger partial charge in [-0.2, -0.15) is 0 Å². The summed E-state index contributed by atoms with van der Waals surface area (Å²) in [5.74, 6) is 1.27. The fraction of sp³-hybridized carbons (Fsp3) is 0.417. The van der Waals surface area contributed by atoms with Crippen LogP contribution in [-0.2, 0) is 4.74 Å². The van der Waals surface area contributed by atoms with E-state index in [9.17, 15) is 4.79 Å². The third-order valence-corrected chi connectivity index (χ3v) is 2.14. The molecular weight excluding hydrogens is 206 g/mol. The first kappa shape index (κ1) is 12.4. The largest absolute Gasteiger partial charge is 0.490 e. The van der Waals surface area contributed by atoms with Gasteiger partial charge < -0.3 is 15.2 Å². The van der Waals surface area contributed by atoms with E-state index in [-0.39, 0.29) is 6.61 Å². The van der Waals surface area contributed by atoms with Crippen LogP contribution in [0.5, 0.6) is 5.75 Å². The summed E-state index contributed by atoms with van der Waals surface area (Å²) in [5, 5.41) is 0. The minimum absolute atomic E-state index is 0.168. The minimum atomic E-state index is -0.779. The van der Waals surface area contributed by atoms with Crippen molar-refractivity contribution in [3.63, 3.8) is 0 Å². The maximum Gasteiger partial charge on any atom is 0.404 e. The van der Waals surface area contributed by atoms with Gasteiger partial charge in [0.15, 0.2) is 0 Å². The standard InChI is InChI=1S/C12H17NO3/c1-9(2)10-3-5-11(6-4-10)15-7-8-16-12(13)14/h3-6,9H,7-8H2,1-2H3,(H2,13,14). The van der Waals surface area contributed by atoms with Gasteiger partial charge in [0.05, 0.1) is 0 Å². The second kappa shape index (κ2) is 6.00. The Kier molecular flexibility index (Phi) is 4.64. The Bertz CT molecular complexity index is 333. The van der Waals surface area contributed by atoms with Crippen molar-refractivity contribution >= 4 is 6.09 Å². The summed E-state index contributed by atoms with van der Waals surface area (Å²) in [6.45, 7) is 4.75. The van der Waals surface area contributed by atoms with Crippen LogP contribution in [0, 0.1) is 0 Å². The van der Waals surface area contributed by atoms with E-state index in [0.29, 0.717) is 12.5 Å². The Hall–Kier alpha value is -1.71. The first-order chi connectivity index (χ1) is 7.59. The molecule has 0 spiro atoms. The van der Waals surface area contributed by atoms with Crippen molar-refractivity contribution in [3.8, 4) is 5.75 Å². The monoisotopic (exact) mass is 223 g/mol. The lowest BCUT2D eigenvalue weighted by molar-refractivity contribution is 0.134. The zero-order valence-corrected chi connectivity index (χ0v) is 9.60. The van der Waals surface area contributed by atoms with Gasteiger partial charge in [-0.3, -0.25) is 0 Å². The lowest BCUT2D eigenvalue weighted by atomic mass is 10.0. The number of hydrogen-bond donors (Lipinski definition) is 1. The van der Waals surface area contributed by atoms with Crippen LogP contribution in [0.15, 0.2) is 24.3 Å². The molecular formula is C12H17NO3. The maximum absolute atomic E-state index is 10.3. The highest BCUT2D eigenvalue weighted by Crippen LogP contribution is 2.18. The third-order valence-electron chi connectivity index (χ3n) is 2.14. The Balaban J connectivity index is 2.35. The van der Waals surface area contributed by atoms with Gasteiger partial charge in [-0.15, -0.1) is 0 Å². The number of ether oxygens (including phenoxy) is 2. The first-order valence-electron chi connectivity index (χ1n) is 5.24. The van der Waals surface area contributed by atoms with Crippen molar-refractivity contribution in [2.75, 3.05) is 13.2 Å².